The maximum atomic E-state index is 12.7. The first-order valence-electron chi connectivity index (χ1n) is 9.08. The van der Waals surface area contributed by atoms with Gasteiger partial charge in [0.2, 0.25) is 0 Å². The molecule has 29 heavy (non-hydrogen) atoms. The van der Waals surface area contributed by atoms with E-state index < -0.39 is 23.6 Å². The molecule has 1 heterocycles. The zero-order chi connectivity index (χ0) is 21.6. The number of pyridine rings is 1. The summed E-state index contributed by atoms with van der Waals surface area (Å²) in [5, 5.41) is 5.45. The van der Waals surface area contributed by atoms with Gasteiger partial charge in [0.25, 0.3) is 5.91 Å². The molecule has 1 atom stereocenters. The Hall–Kier alpha value is -2.93. The number of hydrogen-bond acceptors (Lipinski definition) is 5. The van der Waals surface area contributed by atoms with Gasteiger partial charge in [-0.1, -0.05) is 23.7 Å². The van der Waals surface area contributed by atoms with Gasteiger partial charge >= 0.3 is 6.09 Å². The van der Waals surface area contributed by atoms with E-state index in [1.165, 1.54) is 6.20 Å². The molecule has 2 rings (SSSR count). The van der Waals surface area contributed by atoms with Crippen molar-refractivity contribution in [2.24, 2.45) is 0 Å². The summed E-state index contributed by atoms with van der Waals surface area (Å²) in [7, 11) is 0. The van der Waals surface area contributed by atoms with Gasteiger partial charge in [-0.15, -0.1) is 0 Å². The van der Waals surface area contributed by atoms with Gasteiger partial charge in [-0.05, 0) is 51.5 Å². The van der Waals surface area contributed by atoms with Crippen LogP contribution in [0.3, 0.4) is 0 Å². The number of rotatable bonds is 6. The summed E-state index contributed by atoms with van der Waals surface area (Å²) in [5.74, 6) is -0.729. The van der Waals surface area contributed by atoms with Gasteiger partial charge in [0.1, 0.15) is 5.60 Å². The Labute approximate surface area is 174 Å². The molecule has 0 spiro atoms. The van der Waals surface area contributed by atoms with E-state index in [4.69, 9.17) is 16.3 Å². The normalized spacial score (nSPS) is 12.0. The third-order valence-corrected chi connectivity index (χ3v) is 4.14. The summed E-state index contributed by atoms with van der Waals surface area (Å²) in [6.45, 7) is 6.76. The molecule has 154 valence electrons. The summed E-state index contributed by atoms with van der Waals surface area (Å²) in [6.07, 6.45) is 2.34. The molecule has 1 unspecified atom stereocenters. The van der Waals surface area contributed by atoms with E-state index in [9.17, 15) is 14.4 Å². The molecular formula is C21H24ClN3O4. The number of amides is 2. The number of nitrogens with one attached hydrogen (secondary N) is 2. The molecule has 0 aliphatic carbocycles. The number of carbonyl (C=O) groups excluding carboxylic acids is 3. The fraction of sp³-hybridized carbons (Fsp3) is 0.333. The van der Waals surface area contributed by atoms with Crippen molar-refractivity contribution in [2.45, 2.75) is 45.8 Å². The van der Waals surface area contributed by atoms with Crippen molar-refractivity contribution in [2.75, 3.05) is 5.32 Å². The first kappa shape index (κ1) is 22.4. The molecule has 0 saturated carbocycles. The van der Waals surface area contributed by atoms with Crippen LogP contribution in [-0.2, 0) is 16.0 Å². The lowest BCUT2D eigenvalue weighted by atomic mass is 9.99. The molecule has 2 N–H and O–H groups in total. The maximum Gasteiger partial charge on any atom is 0.408 e. The largest absolute Gasteiger partial charge is 0.444 e. The van der Waals surface area contributed by atoms with Crippen molar-refractivity contribution in [3.63, 3.8) is 0 Å². The van der Waals surface area contributed by atoms with Crippen molar-refractivity contribution in [3.05, 3.63) is 58.9 Å². The smallest absolute Gasteiger partial charge is 0.408 e. The molecule has 0 radical (unpaired) electrons. The van der Waals surface area contributed by atoms with Gasteiger partial charge < -0.3 is 15.4 Å². The minimum absolute atomic E-state index is 0.0761. The van der Waals surface area contributed by atoms with Gasteiger partial charge in [0.15, 0.2) is 5.78 Å². The molecule has 7 nitrogen and oxygen atoms in total. The van der Waals surface area contributed by atoms with Crippen molar-refractivity contribution in [1.29, 1.82) is 0 Å². The Kier molecular flexibility index (Phi) is 7.34. The molecule has 1 aromatic heterocycles. The molecule has 1 aromatic carbocycles. The lowest BCUT2D eigenvalue weighted by Crippen LogP contribution is -2.42. The lowest BCUT2D eigenvalue weighted by Gasteiger charge is -2.21. The molecule has 0 fully saturated rings. The van der Waals surface area contributed by atoms with E-state index >= 15 is 0 Å². The quantitative estimate of drug-likeness (QED) is 0.740. The van der Waals surface area contributed by atoms with E-state index in [2.05, 4.69) is 15.6 Å². The number of aromatic nitrogens is 1. The predicted octanol–water partition coefficient (Wildman–Crippen LogP) is 4.01. The van der Waals surface area contributed by atoms with Crippen LogP contribution in [0.4, 0.5) is 10.5 Å². The number of benzene rings is 1. The second-order valence-electron chi connectivity index (χ2n) is 7.48. The zero-order valence-electron chi connectivity index (χ0n) is 16.8. The molecule has 2 amide bonds. The van der Waals surface area contributed by atoms with E-state index in [-0.39, 0.29) is 22.8 Å². The van der Waals surface area contributed by atoms with E-state index in [0.29, 0.717) is 11.3 Å². The van der Waals surface area contributed by atoms with E-state index in [1.807, 2.05) is 0 Å². The summed E-state index contributed by atoms with van der Waals surface area (Å²) < 4.78 is 5.16. The Morgan fingerprint density at radius 2 is 1.90 bits per heavy atom. The number of carbonyl (C=O) groups is 3. The highest BCUT2D eigenvalue weighted by Crippen LogP contribution is 2.22. The van der Waals surface area contributed by atoms with Crippen LogP contribution in [0.25, 0.3) is 0 Å². The first-order valence-corrected chi connectivity index (χ1v) is 9.45. The lowest BCUT2D eigenvalue weighted by molar-refractivity contribution is -0.120. The van der Waals surface area contributed by atoms with Crippen LogP contribution in [-0.4, -0.2) is 34.4 Å². The fourth-order valence-electron chi connectivity index (χ4n) is 2.51. The van der Waals surface area contributed by atoms with Crippen LogP contribution >= 0.6 is 11.6 Å². The maximum absolute atomic E-state index is 12.7. The molecule has 8 heteroatoms. The van der Waals surface area contributed by atoms with Gasteiger partial charge in [-0.2, -0.15) is 0 Å². The van der Waals surface area contributed by atoms with E-state index in [1.54, 1.807) is 64.2 Å². The predicted molar refractivity (Wildman–Crippen MR) is 111 cm³/mol. The minimum Gasteiger partial charge on any atom is -0.444 e. The standard InChI is InChI=1S/C21H24ClN3O4/c1-13(24-20(28)29-21(2,3)4)17(26)11-14-7-5-9-16(22)18(14)19(27)25-15-8-6-10-23-12-15/h5-10,12-13H,11H2,1-4H3,(H,24,28)(H,25,27). The first-order chi connectivity index (χ1) is 13.6. The van der Waals surface area contributed by atoms with E-state index in [0.717, 1.165) is 0 Å². The fourth-order valence-corrected chi connectivity index (χ4v) is 2.79. The highest BCUT2D eigenvalue weighted by Gasteiger charge is 2.23. The zero-order valence-corrected chi connectivity index (χ0v) is 17.5. The third kappa shape index (κ3) is 6.87. The highest BCUT2D eigenvalue weighted by atomic mass is 35.5. The highest BCUT2D eigenvalue weighted by molar-refractivity contribution is 6.34. The summed E-state index contributed by atoms with van der Waals surface area (Å²) in [4.78, 5) is 41.1. The van der Waals surface area contributed by atoms with Crippen LogP contribution in [0.2, 0.25) is 5.02 Å². The molecule has 0 aliphatic rings. The molecule has 2 aromatic rings. The number of Topliss-reactive ketones (excluding diaryl/α,β-unsaturated/α-hetero) is 1. The van der Waals surface area contributed by atoms with Crippen LogP contribution in [0.5, 0.6) is 0 Å². The average molecular weight is 418 g/mol. The SMILES string of the molecule is CC(NC(=O)OC(C)(C)C)C(=O)Cc1cccc(Cl)c1C(=O)Nc1cccnc1. The van der Waals surface area contributed by atoms with Gasteiger partial charge in [0, 0.05) is 12.6 Å². The number of ether oxygens (including phenoxy) is 1. The Bertz CT molecular complexity index is 895. The van der Waals surface area contributed by atoms with Crippen molar-refractivity contribution in [3.8, 4) is 0 Å². The summed E-state index contributed by atoms with van der Waals surface area (Å²) in [5.41, 5.74) is 0.504. The van der Waals surface area contributed by atoms with Crippen molar-refractivity contribution < 1.29 is 19.1 Å². The number of anilines is 1. The second kappa shape index (κ2) is 9.52. The monoisotopic (exact) mass is 417 g/mol. The molecular weight excluding hydrogens is 394 g/mol. The van der Waals surface area contributed by atoms with Gasteiger partial charge in [-0.25, -0.2) is 4.79 Å². The van der Waals surface area contributed by atoms with Crippen molar-refractivity contribution >= 4 is 35.1 Å². The third-order valence-electron chi connectivity index (χ3n) is 3.83. The number of ketones is 1. The van der Waals surface area contributed by atoms with Crippen LogP contribution in [0.15, 0.2) is 42.7 Å². The molecule has 0 aliphatic heterocycles. The Balaban J connectivity index is 2.12. The Morgan fingerprint density at radius 1 is 1.17 bits per heavy atom. The van der Waals surface area contributed by atoms with Crippen LogP contribution < -0.4 is 10.6 Å². The summed E-state index contributed by atoms with van der Waals surface area (Å²) >= 11 is 6.23. The topological polar surface area (TPSA) is 97.4 Å². The minimum atomic E-state index is -0.793. The van der Waals surface area contributed by atoms with Gasteiger partial charge in [0.05, 0.1) is 28.5 Å². The molecule has 0 saturated heterocycles. The molecule has 0 bridgehead atoms. The number of alkyl carbamates (subject to hydrolysis) is 1. The number of nitrogens with zero attached hydrogens (tertiary/aromatic N) is 1. The average Bonchev–Trinajstić information content (AvgIpc) is 2.60. The van der Waals surface area contributed by atoms with Gasteiger partial charge in [-0.3, -0.25) is 14.6 Å². The number of halogens is 1. The second-order valence-corrected chi connectivity index (χ2v) is 7.89. The van der Waals surface area contributed by atoms with Crippen LogP contribution in [0, 0.1) is 0 Å². The van der Waals surface area contributed by atoms with Crippen LogP contribution in [0.1, 0.15) is 43.6 Å². The summed E-state index contributed by atoms with van der Waals surface area (Å²) in [6, 6.07) is 7.49. The Morgan fingerprint density at radius 3 is 2.52 bits per heavy atom. The number of hydrogen-bond donors (Lipinski definition) is 2. The van der Waals surface area contributed by atoms with Crippen molar-refractivity contribution in [1.82, 2.24) is 10.3 Å².